The highest BCUT2D eigenvalue weighted by molar-refractivity contribution is 9.10. The van der Waals surface area contributed by atoms with Crippen LogP contribution in [0.4, 0.5) is 5.69 Å². The number of amides is 1. The Labute approximate surface area is 182 Å². The number of allylic oxidation sites excluding steroid dienone is 1. The van der Waals surface area contributed by atoms with Gasteiger partial charge in [-0.1, -0.05) is 28.6 Å². The lowest BCUT2D eigenvalue weighted by Gasteiger charge is -2.36. The van der Waals surface area contributed by atoms with Crippen LogP contribution < -0.4 is 10.6 Å². The van der Waals surface area contributed by atoms with E-state index in [9.17, 15) is 14.4 Å². The van der Waals surface area contributed by atoms with Gasteiger partial charge in [-0.2, -0.15) is 0 Å². The van der Waals surface area contributed by atoms with E-state index < -0.39 is 23.3 Å². The lowest BCUT2D eigenvalue weighted by molar-refractivity contribution is -0.142. The van der Waals surface area contributed by atoms with Crippen molar-refractivity contribution in [3.8, 4) is 0 Å². The van der Waals surface area contributed by atoms with E-state index in [0.29, 0.717) is 22.3 Å². The highest BCUT2D eigenvalue weighted by Crippen LogP contribution is 2.55. The van der Waals surface area contributed by atoms with Crippen molar-refractivity contribution in [1.29, 1.82) is 0 Å². The molecule has 1 amide bonds. The summed E-state index contributed by atoms with van der Waals surface area (Å²) in [5.41, 5.74) is 4.77. The van der Waals surface area contributed by atoms with Crippen LogP contribution in [0.2, 0.25) is 0 Å². The molecular weight excluding hydrogens is 456 g/mol. The van der Waals surface area contributed by atoms with Gasteiger partial charge in [0.05, 0.1) is 7.11 Å². The molecular formula is C21H21BrN2O6. The third kappa shape index (κ3) is 2.92. The zero-order chi connectivity index (χ0) is 22.2. The summed E-state index contributed by atoms with van der Waals surface area (Å²) in [5, 5.41) is 0. The van der Waals surface area contributed by atoms with Crippen LogP contribution >= 0.6 is 15.9 Å². The molecule has 2 aliphatic heterocycles. The van der Waals surface area contributed by atoms with Crippen LogP contribution in [-0.2, 0) is 34.0 Å². The van der Waals surface area contributed by atoms with Crippen molar-refractivity contribution in [3.63, 3.8) is 0 Å². The molecule has 1 unspecified atom stereocenters. The van der Waals surface area contributed by atoms with E-state index in [-0.39, 0.29) is 29.4 Å². The average Bonchev–Trinajstić information content (AvgIpc) is 2.93. The minimum absolute atomic E-state index is 0.0615. The average molecular weight is 477 g/mol. The van der Waals surface area contributed by atoms with Crippen molar-refractivity contribution < 1.29 is 28.6 Å². The van der Waals surface area contributed by atoms with Crippen molar-refractivity contribution in [3.05, 3.63) is 63.7 Å². The molecule has 8 nitrogen and oxygen atoms in total. The number of carbonyl (C=O) groups excluding carboxylic acids is 3. The van der Waals surface area contributed by atoms with Gasteiger partial charge in [0.15, 0.2) is 0 Å². The summed E-state index contributed by atoms with van der Waals surface area (Å²) < 4.78 is 16.3. The number of halogens is 1. The lowest BCUT2D eigenvalue weighted by atomic mass is 9.67. The Bertz CT molecular complexity index is 1030. The molecule has 2 heterocycles. The monoisotopic (exact) mass is 476 g/mol. The van der Waals surface area contributed by atoms with Gasteiger partial charge >= 0.3 is 11.9 Å². The fraction of sp³-hybridized carbons (Fsp3) is 0.286. The maximum Gasteiger partial charge on any atom is 0.340 e. The lowest BCUT2D eigenvalue weighted by Crippen LogP contribution is -2.50. The van der Waals surface area contributed by atoms with Crippen LogP contribution in [0.5, 0.6) is 0 Å². The number of hydrogen-bond donors (Lipinski definition) is 1. The Balaban J connectivity index is 2.45. The maximum absolute atomic E-state index is 13.9. The first kappa shape index (κ1) is 21.6. The van der Waals surface area contributed by atoms with Crippen molar-refractivity contribution in [2.24, 2.45) is 5.73 Å². The van der Waals surface area contributed by atoms with Crippen LogP contribution in [0, 0.1) is 0 Å². The second kappa shape index (κ2) is 7.98. The molecule has 0 saturated carbocycles. The van der Waals surface area contributed by atoms with Crippen molar-refractivity contribution in [2.45, 2.75) is 19.3 Å². The molecule has 0 fully saturated rings. The Hall–Kier alpha value is -3.07. The predicted molar refractivity (Wildman–Crippen MR) is 112 cm³/mol. The first-order valence-corrected chi connectivity index (χ1v) is 9.92. The van der Waals surface area contributed by atoms with Gasteiger partial charge in [0, 0.05) is 22.3 Å². The predicted octanol–water partition coefficient (Wildman–Crippen LogP) is 2.43. The highest BCUT2D eigenvalue weighted by atomic mass is 79.9. The number of benzene rings is 1. The number of anilines is 1. The Morgan fingerprint density at radius 3 is 2.63 bits per heavy atom. The van der Waals surface area contributed by atoms with Crippen LogP contribution in [0.15, 0.2) is 58.1 Å². The minimum atomic E-state index is -1.87. The molecule has 0 radical (unpaired) electrons. The zero-order valence-corrected chi connectivity index (χ0v) is 18.4. The fourth-order valence-corrected chi connectivity index (χ4v) is 4.33. The summed E-state index contributed by atoms with van der Waals surface area (Å²) in [6.07, 6.45) is 1.40. The number of esters is 2. The zero-order valence-electron chi connectivity index (χ0n) is 16.8. The highest BCUT2D eigenvalue weighted by Gasteiger charge is 2.63. The van der Waals surface area contributed by atoms with Gasteiger partial charge in [-0.05, 0) is 32.0 Å². The summed E-state index contributed by atoms with van der Waals surface area (Å²) in [4.78, 5) is 41.3. The number of likely N-dealkylation sites (N-methyl/N-ethyl adjacent to an activating group) is 1. The molecule has 9 heteroatoms. The number of hydrogen-bond acceptors (Lipinski definition) is 7. The van der Waals surface area contributed by atoms with E-state index in [1.165, 1.54) is 17.9 Å². The van der Waals surface area contributed by atoms with Crippen molar-refractivity contribution in [2.75, 3.05) is 25.2 Å². The summed E-state index contributed by atoms with van der Waals surface area (Å²) in [6.45, 7) is 7.03. The van der Waals surface area contributed by atoms with Gasteiger partial charge in [0.2, 0.25) is 11.8 Å². The van der Waals surface area contributed by atoms with Gasteiger partial charge in [-0.3, -0.25) is 4.79 Å². The molecule has 0 aliphatic carbocycles. The molecule has 1 aromatic rings. The maximum atomic E-state index is 13.9. The number of ether oxygens (including phenoxy) is 3. The molecule has 158 valence electrons. The fourth-order valence-electron chi connectivity index (χ4n) is 3.97. The molecule has 1 aromatic carbocycles. The smallest absolute Gasteiger partial charge is 0.340 e. The van der Waals surface area contributed by atoms with E-state index in [0.717, 1.165) is 7.11 Å². The number of carbonyl (C=O) groups is 3. The standard InChI is InChI=1S/C21H21BrN2O6/c1-5-9-29-19(26)15-11(3)30-17(23)16(18(25)28-4)21(15)13-10-12(22)7-8-14(13)24(6-2)20(21)27/h5,7-8,10H,1,6,9,23H2,2-4H3. The summed E-state index contributed by atoms with van der Waals surface area (Å²) in [5.74, 6) is -2.47. The topological polar surface area (TPSA) is 108 Å². The number of methoxy groups -OCH3 is 1. The van der Waals surface area contributed by atoms with Gasteiger partial charge in [0.25, 0.3) is 0 Å². The first-order valence-electron chi connectivity index (χ1n) is 9.13. The van der Waals surface area contributed by atoms with Crippen molar-refractivity contribution >= 4 is 39.5 Å². The Morgan fingerprint density at radius 1 is 1.33 bits per heavy atom. The SMILES string of the molecule is C=CCOC(=O)C1=C(C)OC(N)=C(C(=O)OC)C12C(=O)N(CC)c1ccc(Br)cc12. The number of fused-ring (bicyclic) bond motifs is 2. The van der Waals surface area contributed by atoms with E-state index in [4.69, 9.17) is 19.9 Å². The summed E-state index contributed by atoms with van der Waals surface area (Å²) >= 11 is 3.41. The first-order chi connectivity index (χ1) is 14.2. The van der Waals surface area contributed by atoms with Crippen molar-refractivity contribution in [1.82, 2.24) is 0 Å². The van der Waals surface area contributed by atoms with Crippen LogP contribution in [-0.4, -0.2) is 38.1 Å². The molecule has 1 spiro atoms. The van der Waals surface area contributed by atoms with E-state index >= 15 is 0 Å². The molecule has 2 N–H and O–H groups in total. The van der Waals surface area contributed by atoms with Gasteiger partial charge < -0.3 is 24.8 Å². The molecule has 2 aliphatic rings. The second-order valence-corrected chi connectivity index (χ2v) is 7.53. The number of rotatable bonds is 5. The van der Waals surface area contributed by atoms with Crippen LogP contribution in [0.1, 0.15) is 19.4 Å². The molecule has 30 heavy (non-hydrogen) atoms. The Morgan fingerprint density at radius 2 is 2.03 bits per heavy atom. The summed E-state index contributed by atoms with van der Waals surface area (Å²) in [7, 11) is 1.16. The van der Waals surface area contributed by atoms with E-state index in [2.05, 4.69) is 22.5 Å². The van der Waals surface area contributed by atoms with Gasteiger partial charge in [-0.15, -0.1) is 0 Å². The third-order valence-corrected chi connectivity index (χ3v) is 5.57. The van der Waals surface area contributed by atoms with Crippen LogP contribution in [0.25, 0.3) is 0 Å². The second-order valence-electron chi connectivity index (χ2n) is 6.61. The van der Waals surface area contributed by atoms with E-state index in [1.54, 1.807) is 25.1 Å². The molecule has 0 bridgehead atoms. The molecule has 0 aromatic heterocycles. The molecule has 3 rings (SSSR count). The van der Waals surface area contributed by atoms with Gasteiger partial charge in [0.1, 0.15) is 28.9 Å². The number of nitrogens with two attached hydrogens (primary N) is 1. The van der Waals surface area contributed by atoms with Crippen LogP contribution in [0.3, 0.4) is 0 Å². The molecule has 1 atom stereocenters. The van der Waals surface area contributed by atoms with Gasteiger partial charge in [-0.25, -0.2) is 9.59 Å². The van der Waals surface area contributed by atoms with E-state index in [1.807, 2.05) is 0 Å². The third-order valence-electron chi connectivity index (χ3n) is 5.07. The normalized spacial score (nSPS) is 20.3. The molecule has 0 saturated heterocycles. The quantitative estimate of drug-likeness (QED) is 0.513. The minimum Gasteiger partial charge on any atom is -0.465 e. The Kier molecular flexibility index (Phi) is 5.76. The summed E-state index contributed by atoms with van der Waals surface area (Å²) in [6, 6.07) is 5.18. The number of nitrogens with zero attached hydrogens (tertiary/aromatic N) is 1. The largest absolute Gasteiger partial charge is 0.465 e.